The highest BCUT2D eigenvalue weighted by atomic mass is 19.2. The van der Waals surface area contributed by atoms with Crippen molar-refractivity contribution in [3.05, 3.63) is 101 Å². The van der Waals surface area contributed by atoms with Crippen LogP contribution in [-0.4, -0.2) is 22.3 Å². The highest BCUT2D eigenvalue weighted by Gasteiger charge is 2.30. The van der Waals surface area contributed by atoms with Gasteiger partial charge in [-0.3, -0.25) is 9.78 Å². The molecule has 0 saturated carbocycles. The number of pyridine rings is 1. The molecule has 1 amide bonds. The van der Waals surface area contributed by atoms with E-state index in [-0.39, 0.29) is 11.5 Å². The van der Waals surface area contributed by atoms with E-state index in [0.29, 0.717) is 30.6 Å². The molecule has 5 heteroatoms. The Hall–Kier alpha value is -3.60. The monoisotopic (exact) mass is 400 g/mol. The van der Waals surface area contributed by atoms with Crippen molar-refractivity contribution < 1.29 is 13.6 Å². The van der Waals surface area contributed by atoms with Crippen molar-refractivity contribution in [2.45, 2.75) is 13.0 Å². The van der Waals surface area contributed by atoms with Gasteiger partial charge in [0.2, 0.25) is 0 Å². The molecule has 0 radical (unpaired) electrons. The van der Waals surface area contributed by atoms with E-state index in [9.17, 15) is 13.6 Å². The smallest absolute Gasteiger partial charge is 0.255 e. The molecule has 148 valence electrons. The first-order chi connectivity index (χ1) is 14.6. The van der Waals surface area contributed by atoms with Gasteiger partial charge in [0.05, 0.1) is 11.1 Å². The van der Waals surface area contributed by atoms with Crippen LogP contribution in [0, 0.1) is 11.6 Å². The number of para-hydroxylation sites is 1. The van der Waals surface area contributed by atoms with E-state index in [1.165, 1.54) is 12.1 Å². The average Bonchev–Trinajstić information content (AvgIpc) is 3.10. The number of fused-ring (bicyclic) bond motifs is 2. The summed E-state index contributed by atoms with van der Waals surface area (Å²) in [5.74, 6) is -2.02. The lowest BCUT2D eigenvalue weighted by Crippen LogP contribution is -2.26. The van der Waals surface area contributed by atoms with Crippen LogP contribution in [0.25, 0.3) is 22.0 Å². The van der Waals surface area contributed by atoms with Crippen LogP contribution in [0.2, 0.25) is 0 Å². The Morgan fingerprint density at radius 1 is 0.867 bits per heavy atom. The van der Waals surface area contributed by atoms with Gasteiger partial charge < -0.3 is 4.90 Å². The first-order valence-electron chi connectivity index (χ1n) is 9.82. The first kappa shape index (κ1) is 18.4. The maximum absolute atomic E-state index is 14.4. The van der Waals surface area contributed by atoms with Crippen molar-refractivity contribution in [2.75, 3.05) is 6.54 Å². The number of benzene rings is 3. The van der Waals surface area contributed by atoms with Gasteiger partial charge in [-0.05, 0) is 29.3 Å². The second kappa shape index (κ2) is 7.34. The third-order valence-electron chi connectivity index (χ3n) is 5.55. The molecule has 4 aromatic rings. The number of amides is 1. The standard InChI is InChI=1S/C25H18F2N2O/c26-21-9-4-8-20(24(21)27)19-7-3-6-17-15-29(25(30)23(17)19)14-13-18-12-11-16-5-1-2-10-22(16)28-18/h1-12H,13-15H2. The minimum absolute atomic E-state index is 0.109. The highest BCUT2D eigenvalue weighted by Crippen LogP contribution is 2.34. The molecule has 1 aliphatic rings. The predicted molar refractivity (Wildman–Crippen MR) is 112 cm³/mol. The van der Waals surface area contributed by atoms with E-state index < -0.39 is 11.6 Å². The summed E-state index contributed by atoms with van der Waals surface area (Å²) < 4.78 is 28.1. The Morgan fingerprint density at radius 2 is 1.67 bits per heavy atom. The fraction of sp³-hybridized carbons (Fsp3) is 0.120. The van der Waals surface area contributed by atoms with E-state index in [1.54, 1.807) is 17.0 Å². The van der Waals surface area contributed by atoms with E-state index in [2.05, 4.69) is 4.98 Å². The second-order valence-electron chi connectivity index (χ2n) is 7.41. The Labute approximate surface area is 172 Å². The summed E-state index contributed by atoms with van der Waals surface area (Å²) in [4.78, 5) is 19.5. The third-order valence-corrected chi connectivity index (χ3v) is 5.55. The molecule has 3 aromatic carbocycles. The number of aromatic nitrogens is 1. The molecule has 0 spiro atoms. The molecular formula is C25H18F2N2O. The molecule has 5 rings (SSSR count). The van der Waals surface area contributed by atoms with Gasteiger partial charge in [0.15, 0.2) is 11.6 Å². The Bertz CT molecular complexity index is 1290. The predicted octanol–water partition coefficient (Wildman–Crippen LogP) is 5.38. The van der Waals surface area contributed by atoms with Crippen LogP contribution in [0.5, 0.6) is 0 Å². The van der Waals surface area contributed by atoms with Crippen molar-refractivity contribution in [1.82, 2.24) is 9.88 Å². The lowest BCUT2D eigenvalue weighted by molar-refractivity contribution is 0.0780. The van der Waals surface area contributed by atoms with Crippen molar-refractivity contribution in [3.8, 4) is 11.1 Å². The lowest BCUT2D eigenvalue weighted by Gasteiger charge is -2.15. The summed E-state index contributed by atoms with van der Waals surface area (Å²) in [5, 5.41) is 1.08. The van der Waals surface area contributed by atoms with Crippen molar-refractivity contribution in [2.24, 2.45) is 0 Å². The number of nitrogens with zero attached hydrogens (tertiary/aromatic N) is 2. The van der Waals surface area contributed by atoms with Gasteiger partial charge in [-0.1, -0.05) is 54.6 Å². The average molecular weight is 400 g/mol. The molecule has 30 heavy (non-hydrogen) atoms. The summed E-state index contributed by atoms with van der Waals surface area (Å²) >= 11 is 0. The first-order valence-corrected chi connectivity index (χ1v) is 9.82. The molecule has 3 nitrogen and oxygen atoms in total. The number of rotatable bonds is 4. The molecule has 0 unspecified atom stereocenters. The van der Waals surface area contributed by atoms with Crippen LogP contribution in [0.15, 0.2) is 72.8 Å². The van der Waals surface area contributed by atoms with Crippen LogP contribution in [0.3, 0.4) is 0 Å². The van der Waals surface area contributed by atoms with E-state index in [4.69, 9.17) is 0 Å². The summed E-state index contributed by atoms with van der Waals surface area (Å²) in [5.41, 5.74) is 3.66. The fourth-order valence-corrected chi connectivity index (χ4v) is 4.03. The maximum Gasteiger partial charge on any atom is 0.255 e. The second-order valence-corrected chi connectivity index (χ2v) is 7.41. The third kappa shape index (κ3) is 3.12. The summed E-state index contributed by atoms with van der Waals surface area (Å²) in [6.07, 6.45) is 0.619. The quantitative estimate of drug-likeness (QED) is 0.461. The minimum Gasteiger partial charge on any atom is -0.334 e. The molecule has 0 atom stereocenters. The number of hydrogen-bond acceptors (Lipinski definition) is 2. The Kier molecular flexibility index (Phi) is 4.51. The van der Waals surface area contributed by atoms with Crippen molar-refractivity contribution in [3.63, 3.8) is 0 Å². The molecule has 0 N–H and O–H groups in total. The molecular weight excluding hydrogens is 382 g/mol. The van der Waals surface area contributed by atoms with Crippen LogP contribution in [0.4, 0.5) is 8.78 Å². The van der Waals surface area contributed by atoms with Gasteiger partial charge in [-0.2, -0.15) is 0 Å². The zero-order chi connectivity index (χ0) is 20.7. The van der Waals surface area contributed by atoms with Gasteiger partial charge in [-0.25, -0.2) is 8.78 Å². The molecule has 0 fully saturated rings. The molecule has 1 aliphatic heterocycles. The van der Waals surface area contributed by atoms with Gasteiger partial charge in [-0.15, -0.1) is 0 Å². The normalized spacial score (nSPS) is 13.1. The zero-order valence-corrected chi connectivity index (χ0v) is 16.1. The Balaban J connectivity index is 1.41. The summed E-state index contributed by atoms with van der Waals surface area (Å²) in [6, 6.07) is 21.3. The van der Waals surface area contributed by atoms with Crippen molar-refractivity contribution >= 4 is 16.8 Å². The van der Waals surface area contributed by atoms with Gasteiger partial charge in [0, 0.05) is 36.2 Å². The molecule has 2 heterocycles. The fourth-order valence-electron chi connectivity index (χ4n) is 4.03. The van der Waals surface area contributed by atoms with Crippen LogP contribution in [0.1, 0.15) is 21.6 Å². The number of carbonyl (C=O) groups excluding carboxylic acids is 1. The minimum atomic E-state index is -0.933. The van der Waals surface area contributed by atoms with Crippen LogP contribution >= 0.6 is 0 Å². The van der Waals surface area contributed by atoms with Gasteiger partial charge in [0.1, 0.15) is 0 Å². The SMILES string of the molecule is O=C1c2c(cccc2-c2cccc(F)c2F)CN1CCc1ccc2ccccc2n1. The van der Waals surface area contributed by atoms with E-state index in [0.717, 1.165) is 28.2 Å². The van der Waals surface area contributed by atoms with Crippen LogP contribution in [-0.2, 0) is 13.0 Å². The number of hydrogen-bond donors (Lipinski definition) is 0. The lowest BCUT2D eigenvalue weighted by atomic mass is 9.96. The summed E-state index contributed by atoms with van der Waals surface area (Å²) in [7, 11) is 0. The molecule has 0 bridgehead atoms. The topological polar surface area (TPSA) is 33.2 Å². The Morgan fingerprint density at radius 3 is 2.57 bits per heavy atom. The number of carbonyl (C=O) groups is 1. The highest BCUT2D eigenvalue weighted by molar-refractivity contribution is 6.04. The molecule has 0 saturated heterocycles. The summed E-state index contributed by atoms with van der Waals surface area (Å²) in [6.45, 7) is 0.955. The number of halogens is 2. The van der Waals surface area contributed by atoms with Crippen molar-refractivity contribution in [1.29, 1.82) is 0 Å². The largest absolute Gasteiger partial charge is 0.334 e. The zero-order valence-electron chi connectivity index (χ0n) is 16.1. The van der Waals surface area contributed by atoms with Crippen LogP contribution < -0.4 is 0 Å². The van der Waals surface area contributed by atoms with E-state index in [1.807, 2.05) is 42.5 Å². The molecule has 0 aliphatic carbocycles. The maximum atomic E-state index is 14.4. The van der Waals surface area contributed by atoms with E-state index >= 15 is 0 Å². The molecule has 1 aromatic heterocycles. The van der Waals surface area contributed by atoms with Gasteiger partial charge >= 0.3 is 0 Å². The van der Waals surface area contributed by atoms with Gasteiger partial charge in [0.25, 0.3) is 5.91 Å².